The van der Waals surface area contributed by atoms with Crippen LogP contribution in [-0.4, -0.2) is 10.9 Å². The lowest BCUT2D eigenvalue weighted by molar-refractivity contribution is 0.102. The third-order valence-electron chi connectivity index (χ3n) is 5.29. The highest BCUT2D eigenvalue weighted by atomic mass is 32.1. The van der Waals surface area contributed by atoms with Crippen molar-refractivity contribution in [2.45, 2.75) is 25.7 Å². The summed E-state index contributed by atoms with van der Waals surface area (Å²) in [5, 5.41) is 4.01. The second kappa shape index (κ2) is 7.21. The van der Waals surface area contributed by atoms with E-state index in [1.165, 1.54) is 28.7 Å². The van der Waals surface area contributed by atoms with Crippen molar-refractivity contribution in [1.29, 1.82) is 0 Å². The lowest BCUT2D eigenvalue weighted by atomic mass is 9.90. The molecule has 0 saturated carbocycles. The summed E-state index contributed by atoms with van der Waals surface area (Å²) in [6.07, 6.45) is 4.67. The third kappa shape index (κ3) is 3.32. The fraction of sp³-hybridized carbons (Fsp3) is 0.167. The van der Waals surface area contributed by atoms with Gasteiger partial charge >= 0.3 is 0 Å². The highest BCUT2D eigenvalue weighted by molar-refractivity contribution is 7.21. The second-order valence-electron chi connectivity index (χ2n) is 7.21. The van der Waals surface area contributed by atoms with E-state index in [2.05, 4.69) is 23.5 Å². The van der Waals surface area contributed by atoms with Crippen molar-refractivity contribution in [3.8, 4) is 10.6 Å². The molecule has 1 heterocycles. The van der Waals surface area contributed by atoms with E-state index in [-0.39, 0.29) is 5.91 Å². The quantitative estimate of drug-likeness (QED) is 0.464. The number of rotatable bonds is 3. The Bertz CT molecular complexity index is 1130. The Kier molecular flexibility index (Phi) is 4.41. The molecule has 0 spiro atoms. The molecule has 0 saturated heterocycles. The maximum absolute atomic E-state index is 12.7. The van der Waals surface area contributed by atoms with Crippen LogP contribution in [0.1, 0.15) is 34.3 Å². The van der Waals surface area contributed by atoms with E-state index < -0.39 is 0 Å². The standard InChI is InChI=1S/C24H20N2OS/c27-23(19-10-9-16-5-1-2-6-18(16)15-19)25-20-13-11-17(12-14-20)24-26-21-7-3-4-8-22(21)28-24/h3-4,7-15H,1-2,5-6H2,(H,25,27). The molecule has 1 N–H and O–H groups in total. The van der Waals surface area contributed by atoms with Crippen molar-refractivity contribution in [3.05, 3.63) is 83.4 Å². The van der Waals surface area contributed by atoms with Gasteiger partial charge in [-0.05, 0) is 85.3 Å². The maximum Gasteiger partial charge on any atom is 0.255 e. The molecule has 3 nitrogen and oxygen atoms in total. The van der Waals surface area contributed by atoms with Crippen LogP contribution in [-0.2, 0) is 12.8 Å². The summed E-state index contributed by atoms with van der Waals surface area (Å²) in [5.41, 5.74) is 6.33. The van der Waals surface area contributed by atoms with Gasteiger partial charge in [0.2, 0.25) is 0 Å². The number of benzene rings is 3. The normalized spacial score (nSPS) is 13.3. The molecule has 0 aliphatic heterocycles. The van der Waals surface area contributed by atoms with E-state index in [0.717, 1.165) is 40.2 Å². The predicted molar refractivity (Wildman–Crippen MR) is 116 cm³/mol. The molecule has 0 fully saturated rings. The number of thiazole rings is 1. The Labute approximate surface area is 168 Å². The van der Waals surface area contributed by atoms with Gasteiger partial charge in [0, 0.05) is 16.8 Å². The summed E-state index contributed by atoms with van der Waals surface area (Å²) in [5.74, 6) is -0.0545. The largest absolute Gasteiger partial charge is 0.322 e. The summed E-state index contributed by atoms with van der Waals surface area (Å²) in [6, 6.07) is 22.2. The van der Waals surface area contributed by atoms with E-state index in [0.29, 0.717) is 0 Å². The number of aromatic nitrogens is 1. The SMILES string of the molecule is O=C(Nc1ccc(-c2nc3ccccc3s2)cc1)c1ccc2c(c1)CCCC2. The monoisotopic (exact) mass is 384 g/mol. The lowest BCUT2D eigenvalue weighted by Gasteiger charge is -2.16. The molecule has 5 rings (SSSR count). The number of nitrogens with zero attached hydrogens (tertiary/aromatic N) is 1. The van der Waals surface area contributed by atoms with Crippen LogP contribution in [0.4, 0.5) is 5.69 Å². The molecule has 4 heteroatoms. The summed E-state index contributed by atoms with van der Waals surface area (Å²) in [4.78, 5) is 17.3. The number of carbonyl (C=O) groups excluding carboxylic acids is 1. The maximum atomic E-state index is 12.7. The Morgan fingerprint density at radius 2 is 1.68 bits per heavy atom. The first-order chi connectivity index (χ1) is 13.8. The van der Waals surface area contributed by atoms with Gasteiger partial charge < -0.3 is 5.32 Å². The first-order valence-electron chi connectivity index (χ1n) is 9.65. The van der Waals surface area contributed by atoms with Crippen LogP contribution < -0.4 is 5.32 Å². The van der Waals surface area contributed by atoms with E-state index in [1.807, 2.05) is 48.5 Å². The zero-order valence-corrected chi connectivity index (χ0v) is 16.3. The molecule has 28 heavy (non-hydrogen) atoms. The van der Waals surface area contributed by atoms with Crippen molar-refractivity contribution in [2.24, 2.45) is 0 Å². The number of amides is 1. The lowest BCUT2D eigenvalue weighted by Crippen LogP contribution is -2.13. The number of hydrogen-bond donors (Lipinski definition) is 1. The smallest absolute Gasteiger partial charge is 0.255 e. The number of nitrogens with one attached hydrogen (secondary N) is 1. The zero-order valence-electron chi connectivity index (χ0n) is 15.4. The number of carbonyl (C=O) groups is 1. The highest BCUT2D eigenvalue weighted by Gasteiger charge is 2.13. The van der Waals surface area contributed by atoms with Crippen LogP contribution in [0.15, 0.2) is 66.7 Å². The number of anilines is 1. The molecule has 1 aliphatic rings. The van der Waals surface area contributed by atoms with Crippen molar-refractivity contribution in [1.82, 2.24) is 4.98 Å². The molecule has 0 unspecified atom stereocenters. The average Bonchev–Trinajstić information content (AvgIpc) is 3.18. The Morgan fingerprint density at radius 1 is 0.893 bits per heavy atom. The molecular formula is C24H20N2OS. The average molecular weight is 385 g/mol. The summed E-state index contributed by atoms with van der Waals surface area (Å²) < 4.78 is 1.18. The number of hydrogen-bond acceptors (Lipinski definition) is 3. The molecule has 1 aromatic heterocycles. The van der Waals surface area contributed by atoms with E-state index in [1.54, 1.807) is 11.3 Å². The van der Waals surface area contributed by atoms with Gasteiger partial charge in [0.25, 0.3) is 5.91 Å². The van der Waals surface area contributed by atoms with Crippen LogP contribution in [0.25, 0.3) is 20.8 Å². The molecular weight excluding hydrogens is 364 g/mol. The molecule has 0 bridgehead atoms. The van der Waals surface area contributed by atoms with Crippen molar-refractivity contribution >= 4 is 33.1 Å². The number of fused-ring (bicyclic) bond motifs is 2. The van der Waals surface area contributed by atoms with Gasteiger partial charge in [-0.2, -0.15) is 0 Å². The Balaban J connectivity index is 1.34. The second-order valence-corrected chi connectivity index (χ2v) is 8.24. The molecule has 3 aromatic carbocycles. The predicted octanol–water partition coefficient (Wildman–Crippen LogP) is 6.09. The minimum absolute atomic E-state index is 0.0545. The summed E-state index contributed by atoms with van der Waals surface area (Å²) in [6.45, 7) is 0. The van der Waals surface area contributed by atoms with Gasteiger partial charge in [0.15, 0.2) is 0 Å². The Morgan fingerprint density at radius 3 is 2.50 bits per heavy atom. The minimum Gasteiger partial charge on any atom is -0.322 e. The molecule has 1 amide bonds. The summed E-state index contributed by atoms with van der Waals surface area (Å²) >= 11 is 1.68. The van der Waals surface area contributed by atoms with Crippen LogP contribution in [0, 0.1) is 0 Å². The van der Waals surface area contributed by atoms with Gasteiger partial charge in [0.05, 0.1) is 10.2 Å². The van der Waals surface area contributed by atoms with Gasteiger partial charge in [-0.25, -0.2) is 4.98 Å². The fourth-order valence-corrected chi connectivity index (χ4v) is 4.74. The molecule has 0 atom stereocenters. The van der Waals surface area contributed by atoms with Crippen molar-refractivity contribution in [2.75, 3.05) is 5.32 Å². The number of aryl methyl sites for hydroxylation is 2. The first-order valence-corrected chi connectivity index (χ1v) is 10.5. The van der Waals surface area contributed by atoms with Crippen LogP contribution in [0.3, 0.4) is 0 Å². The van der Waals surface area contributed by atoms with Crippen molar-refractivity contribution in [3.63, 3.8) is 0 Å². The van der Waals surface area contributed by atoms with E-state index in [9.17, 15) is 4.79 Å². The molecule has 1 aliphatic carbocycles. The van der Waals surface area contributed by atoms with Gasteiger partial charge in [-0.15, -0.1) is 11.3 Å². The van der Waals surface area contributed by atoms with E-state index in [4.69, 9.17) is 4.98 Å². The number of para-hydroxylation sites is 1. The highest BCUT2D eigenvalue weighted by Crippen LogP contribution is 2.30. The zero-order chi connectivity index (χ0) is 18.9. The van der Waals surface area contributed by atoms with E-state index >= 15 is 0 Å². The topological polar surface area (TPSA) is 42.0 Å². The van der Waals surface area contributed by atoms with Gasteiger partial charge in [-0.3, -0.25) is 4.79 Å². The van der Waals surface area contributed by atoms with Crippen molar-refractivity contribution < 1.29 is 4.79 Å². The first kappa shape index (κ1) is 17.1. The fourth-order valence-electron chi connectivity index (χ4n) is 3.77. The minimum atomic E-state index is -0.0545. The summed E-state index contributed by atoms with van der Waals surface area (Å²) in [7, 11) is 0. The third-order valence-corrected chi connectivity index (χ3v) is 6.38. The van der Waals surface area contributed by atoms with Crippen LogP contribution >= 0.6 is 11.3 Å². The molecule has 0 radical (unpaired) electrons. The molecule has 4 aromatic rings. The van der Waals surface area contributed by atoms with Gasteiger partial charge in [-0.1, -0.05) is 18.2 Å². The Hall–Kier alpha value is -2.98. The van der Waals surface area contributed by atoms with Gasteiger partial charge in [0.1, 0.15) is 5.01 Å². The van der Waals surface area contributed by atoms with Crippen LogP contribution in [0.5, 0.6) is 0 Å². The molecule has 138 valence electrons. The van der Waals surface area contributed by atoms with Crippen LogP contribution in [0.2, 0.25) is 0 Å².